The van der Waals surface area contributed by atoms with Crippen molar-refractivity contribution in [3.63, 3.8) is 0 Å². The SMILES string of the molecule is CCCCCC/C=C/C=C\CCCCCCCC(=O)NCC(C)=O. The number of Topliss-reactive ketones (excluding diaryl/α,β-unsaturated/α-hetero) is 1. The van der Waals surface area contributed by atoms with Crippen molar-refractivity contribution >= 4 is 11.7 Å². The van der Waals surface area contributed by atoms with Crippen molar-refractivity contribution in [2.24, 2.45) is 0 Å². The highest BCUT2D eigenvalue weighted by atomic mass is 16.2. The summed E-state index contributed by atoms with van der Waals surface area (Å²) < 4.78 is 0. The molecule has 0 saturated carbocycles. The molecule has 0 unspecified atom stereocenters. The van der Waals surface area contributed by atoms with E-state index in [-0.39, 0.29) is 18.2 Å². The number of hydrogen-bond donors (Lipinski definition) is 1. The van der Waals surface area contributed by atoms with Crippen LogP contribution in [-0.2, 0) is 9.59 Å². The molecule has 0 fully saturated rings. The highest BCUT2D eigenvalue weighted by molar-refractivity contribution is 5.84. The van der Waals surface area contributed by atoms with E-state index in [0.717, 1.165) is 19.3 Å². The van der Waals surface area contributed by atoms with E-state index in [1.54, 1.807) is 0 Å². The predicted molar refractivity (Wildman–Crippen MR) is 103 cm³/mol. The van der Waals surface area contributed by atoms with Gasteiger partial charge in [-0.2, -0.15) is 0 Å². The molecule has 0 aromatic carbocycles. The number of ketones is 1. The Balaban J connectivity index is 3.29. The summed E-state index contributed by atoms with van der Waals surface area (Å²) in [7, 11) is 0. The van der Waals surface area contributed by atoms with Gasteiger partial charge in [-0.25, -0.2) is 0 Å². The van der Waals surface area contributed by atoms with Crippen molar-refractivity contribution in [3.8, 4) is 0 Å². The summed E-state index contributed by atoms with van der Waals surface area (Å²) in [6, 6.07) is 0. The number of nitrogens with one attached hydrogen (secondary N) is 1. The monoisotopic (exact) mass is 335 g/mol. The van der Waals surface area contributed by atoms with E-state index in [9.17, 15) is 9.59 Å². The van der Waals surface area contributed by atoms with Crippen LogP contribution in [0.4, 0.5) is 0 Å². The summed E-state index contributed by atoms with van der Waals surface area (Å²) >= 11 is 0. The maximum atomic E-state index is 11.4. The van der Waals surface area contributed by atoms with Crippen LogP contribution in [0.15, 0.2) is 24.3 Å². The molecule has 0 saturated heterocycles. The van der Waals surface area contributed by atoms with Gasteiger partial charge in [0.1, 0.15) is 5.78 Å². The highest BCUT2D eigenvalue weighted by Crippen LogP contribution is 2.08. The molecule has 0 heterocycles. The lowest BCUT2D eigenvalue weighted by atomic mass is 10.1. The fraction of sp³-hybridized carbons (Fsp3) is 0.714. The fourth-order valence-corrected chi connectivity index (χ4v) is 2.43. The summed E-state index contributed by atoms with van der Waals surface area (Å²) in [5.74, 6) is -0.00245. The summed E-state index contributed by atoms with van der Waals surface area (Å²) in [4.78, 5) is 22.1. The lowest BCUT2D eigenvalue weighted by molar-refractivity contribution is -0.124. The summed E-state index contributed by atoms with van der Waals surface area (Å²) in [6.07, 6.45) is 22.7. The Hall–Kier alpha value is -1.38. The molecule has 3 nitrogen and oxygen atoms in total. The lowest BCUT2D eigenvalue weighted by Crippen LogP contribution is -2.27. The van der Waals surface area contributed by atoms with E-state index < -0.39 is 0 Å². The zero-order chi connectivity index (χ0) is 17.9. The van der Waals surface area contributed by atoms with Gasteiger partial charge in [0.05, 0.1) is 6.54 Å². The van der Waals surface area contributed by atoms with E-state index in [1.807, 2.05) is 0 Å². The van der Waals surface area contributed by atoms with Gasteiger partial charge in [-0.15, -0.1) is 0 Å². The van der Waals surface area contributed by atoms with Crippen molar-refractivity contribution in [3.05, 3.63) is 24.3 Å². The second-order valence-electron chi connectivity index (χ2n) is 6.49. The van der Waals surface area contributed by atoms with Crippen molar-refractivity contribution in [2.75, 3.05) is 6.54 Å². The Bertz CT molecular complexity index is 372. The van der Waals surface area contributed by atoms with E-state index >= 15 is 0 Å². The molecule has 0 aliphatic heterocycles. The average Bonchev–Trinajstić information content (AvgIpc) is 2.56. The molecule has 0 bridgehead atoms. The highest BCUT2D eigenvalue weighted by Gasteiger charge is 2.01. The average molecular weight is 336 g/mol. The molecule has 1 N–H and O–H groups in total. The van der Waals surface area contributed by atoms with Crippen LogP contribution >= 0.6 is 0 Å². The van der Waals surface area contributed by atoms with Crippen LogP contribution in [0.25, 0.3) is 0 Å². The molecule has 138 valence electrons. The van der Waals surface area contributed by atoms with Crippen molar-refractivity contribution in [2.45, 2.75) is 90.9 Å². The zero-order valence-electron chi connectivity index (χ0n) is 15.8. The maximum absolute atomic E-state index is 11.4. The van der Waals surface area contributed by atoms with Crippen LogP contribution in [0, 0.1) is 0 Å². The Kier molecular flexibility index (Phi) is 16.9. The fourth-order valence-electron chi connectivity index (χ4n) is 2.43. The van der Waals surface area contributed by atoms with Crippen LogP contribution in [0.3, 0.4) is 0 Å². The normalized spacial score (nSPS) is 11.4. The van der Waals surface area contributed by atoms with E-state index in [4.69, 9.17) is 0 Å². The molecular weight excluding hydrogens is 298 g/mol. The molecule has 0 aliphatic rings. The minimum Gasteiger partial charge on any atom is -0.349 e. The minimum absolute atomic E-state index is 0.00254. The molecule has 0 aromatic rings. The van der Waals surface area contributed by atoms with Gasteiger partial charge in [-0.05, 0) is 39.0 Å². The molecule has 0 radical (unpaired) electrons. The van der Waals surface area contributed by atoms with Gasteiger partial charge in [0.2, 0.25) is 5.91 Å². The topological polar surface area (TPSA) is 46.2 Å². The van der Waals surface area contributed by atoms with Gasteiger partial charge in [-0.3, -0.25) is 9.59 Å². The number of unbranched alkanes of at least 4 members (excludes halogenated alkanes) is 9. The second kappa shape index (κ2) is 18.0. The first-order chi connectivity index (χ1) is 11.7. The number of carbonyl (C=O) groups excluding carboxylic acids is 2. The van der Waals surface area contributed by atoms with Crippen molar-refractivity contribution in [1.82, 2.24) is 5.32 Å². The molecule has 24 heavy (non-hydrogen) atoms. The molecule has 0 rings (SSSR count). The van der Waals surface area contributed by atoms with Crippen molar-refractivity contribution in [1.29, 1.82) is 0 Å². The van der Waals surface area contributed by atoms with Crippen LogP contribution in [0.2, 0.25) is 0 Å². The first-order valence-electron chi connectivity index (χ1n) is 9.74. The maximum Gasteiger partial charge on any atom is 0.220 e. The minimum atomic E-state index is -0.00499. The number of carbonyl (C=O) groups is 2. The largest absolute Gasteiger partial charge is 0.349 e. The molecule has 0 atom stereocenters. The molecule has 0 spiro atoms. The zero-order valence-corrected chi connectivity index (χ0v) is 15.8. The molecule has 1 amide bonds. The first-order valence-corrected chi connectivity index (χ1v) is 9.74. The first kappa shape index (κ1) is 22.6. The Labute approximate surface area is 149 Å². The summed E-state index contributed by atoms with van der Waals surface area (Å²) in [5.41, 5.74) is 0. The predicted octanol–water partition coefficient (Wildman–Crippen LogP) is 5.51. The van der Waals surface area contributed by atoms with E-state index in [2.05, 4.69) is 36.5 Å². The smallest absolute Gasteiger partial charge is 0.220 e. The molecule has 0 aliphatic carbocycles. The Morgan fingerprint density at radius 2 is 1.33 bits per heavy atom. The second-order valence-corrected chi connectivity index (χ2v) is 6.49. The number of amides is 1. The Morgan fingerprint density at radius 1 is 0.792 bits per heavy atom. The van der Waals surface area contributed by atoms with Gasteiger partial charge in [0.15, 0.2) is 0 Å². The van der Waals surface area contributed by atoms with Gasteiger partial charge in [0, 0.05) is 6.42 Å². The lowest BCUT2D eigenvalue weighted by Gasteiger charge is -2.02. The van der Waals surface area contributed by atoms with Crippen molar-refractivity contribution < 1.29 is 9.59 Å². The van der Waals surface area contributed by atoms with Crippen LogP contribution in [0.5, 0.6) is 0 Å². The van der Waals surface area contributed by atoms with Crippen LogP contribution < -0.4 is 5.32 Å². The third-order valence-electron chi connectivity index (χ3n) is 3.92. The van der Waals surface area contributed by atoms with Crippen LogP contribution in [-0.4, -0.2) is 18.2 Å². The van der Waals surface area contributed by atoms with E-state index in [0.29, 0.717) is 6.42 Å². The number of rotatable bonds is 16. The van der Waals surface area contributed by atoms with Crippen LogP contribution in [0.1, 0.15) is 90.9 Å². The Morgan fingerprint density at radius 3 is 1.92 bits per heavy atom. The quantitative estimate of drug-likeness (QED) is 0.299. The standard InChI is InChI=1S/C21H37NO2/c1-3-4-5-6-7-8-9-10-11-12-13-14-15-16-17-18-21(24)22-19-20(2)23/h8-11H,3-7,12-19H2,1-2H3,(H,22,24)/b9-8+,11-10-. The summed E-state index contributed by atoms with van der Waals surface area (Å²) in [6.45, 7) is 3.89. The molecule has 0 aromatic heterocycles. The molecule has 3 heteroatoms. The van der Waals surface area contributed by atoms with Gasteiger partial charge in [0.25, 0.3) is 0 Å². The van der Waals surface area contributed by atoms with Gasteiger partial charge >= 0.3 is 0 Å². The summed E-state index contributed by atoms with van der Waals surface area (Å²) in [5, 5.41) is 2.63. The third kappa shape index (κ3) is 18.7. The van der Waals surface area contributed by atoms with E-state index in [1.165, 1.54) is 58.3 Å². The molecular formula is C21H37NO2. The number of hydrogen-bond acceptors (Lipinski definition) is 2. The van der Waals surface area contributed by atoms with Gasteiger partial charge < -0.3 is 5.32 Å². The third-order valence-corrected chi connectivity index (χ3v) is 3.92. The van der Waals surface area contributed by atoms with Gasteiger partial charge in [-0.1, -0.05) is 69.8 Å². The number of allylic oxidation sites excluding steroid dienone is 4.